The lowest BCUT2D eigenvalue weighted by atomic mass is 10.1. The number of phenolic OH excluding ortho intramolecular Hbond substituents is 1. The van der Waals surface area contributed by atoms with Crippen LogP contribution in [0.2, 0.25) is 0 Å². The third-order valence-corrected chi connectivity index (χ3v) is 2.30. The van der Waals surface area contributed by atoms with Crippen molar-refractivity contribution in [1.82, 2.24) is 0 Å². The van der Waals surface area contributed by atoms with Gasteiger partial charge in [-0.05, 0) is 40.5 Å². The third-order valence-electron chi connectivity index (χ3n) is 1.69. The fourth-order valence-corrected chi connectivity index (χ4v) is 1.60. The van der Waals surface area contributed by atoms with Crippen molar-refractivity contribution in [3.8, 4) is 23.8 Å². The maximum atomic E-state index is 9.60. The van der Waals surface area contributed by atoms with Gasteiger partial charge in [-0.1, -0.05) is 0 Å². The van der Waals surface area contributed by atoms with E-state index < -0.39 is 0 Å². The van der Waals surface area contributed by atoms with Gasteiger partial charge in [0.25, 0.3) is 0 Å². The van der Waals surface area contributed by atoms with E-state index in [9.17, 15) is 5.11 Å². The predicted molar refractivity (Wildman–Crippen MR) is 59.5 cm³/mol. The molecule has 0 heterocycles. The Labute approximate surface area is 92.0 Å². The van der Waals surface area contributed by atoms with Gasteiger partial charge in [0.05, 0.1) is 11.1 Å². The zero-order chi connectivity index (χ0) is 10.6. The highest BCUT2D eigenvalue weighted by molar-refractivity contribution is 9.10. The first kappa shape index (κ1) is 10.9. The van der Waals surface area contributed by atoms with Crippen LogP contribution in [0, 0.1) is 12.3 Å². The summed E-state index contributed by atoms with van der Waals surface area (Å²) in [5, 5.41) is 9.60. The Hall–Kier alpha value is -1.14. The summed E-state index contributed by atoms with van der Waals surface area (Å²) >= 11 is 3.24. The van der Waals surface area contributed by atoms with Crippen LogP contribution in [-0.2, 0) is 6.42 Å². The average molecular weight is 255 g/mol. The van der Waals surface area contributed by atoms with Gasteiger partial charge in [0, 0.05) is 6.42 Å². The number of hydrogen-bond acceptors (Lipinski definition) is 2. The topological polar surface area (TPSA) is 29.5 Å². The molecule has 0 saturated carbocycles. The van der Waals surface area contributed by atoms with E-state index in [4.69, 9.17) is 11.2 Å². The van der Waals surface area contributed by atoms with E-state index in [0.717, 1.165) is 5.56 Å². The standard InChI is InChI=1S/C11H11BrO2/c1-3-5-8-6-9(12)11(13)10(7-8)14-4-2/h1,6-7,13H,4-5H2,2H3. The fourth-order valence-electron chi connectivity index (χ4n) is 1.11. The maximum absolute atomic E-state index is 9.60. The molecule has 1 aromatic rings. The molecule has 0 unspecified atom stereocenters. The summed E-state index contributed by atoms with van der Waals surface area (Å²) in [6.07, 6.45) is 5.73. The van der Waals surface area contributed by atoms with Gasteiger partial charge in [-0.3, -0.25) is 0 Å². The van der Waals surface area contributed by atoms with Crippen LogP contribution in [0.3, 0.4) is 0 Å². The van der Waals surface area contributed by atoms with E-state index in [1.807, 2.05) is 6.92 Å². The first-order valence-electron chi connectivity index (χ1n) is 4.26. The molecule has 3 heteroatoms. The highest BCUT2D eigenvalue weighted by atomic mass is 79.9. The molecule has 0 saturated heterocycles. The lowest BCUT2D eigenvalue weighted by Crippen LogP contribution is -1.94. The van der Waals surface area contributed by atoms with Crippen molar-refractivity contribution in [3.63, 3.8) is 0 Å². The molecule has 2 nitrogen and oxygen atoms in total. The minimum atomic E-state index is 0.118. The Kier molecular flexibility index (Phi) is 3.84. The van der Waals surface area contributed by atoms with Crippen molar-refractivity contribution < 1.29 is 9.84 Å². The van der Waals surface area contributed by atoms with Gasteiger partial charge >= 0.3 is 0 Å². The predicted octanol–water partition coefficient (Wildman–Crippen LogP) is 2.73. The fraction of sp³-hybridized carbons (Fsp3) is 0.273. The van der Waals surface area contributed by atoms with Gasteiger partial charge in [-0.2, -0.15) is 0 Å². The van der Waals surface area contributed by atoms with E-state index in [0.29, 0.717) is 23.2 Å². The second-order valence-corrected chi connectivity index (χ2v) is 3.59. The zero-order valence-corrected chi connectivity index (χ0v) is 9.47. The zero-order valence-electron chi connectivity index (χ0n) is 7.88. The molecule has 1 aromatic carbocycles. The van der Waals surface area contributed by atoms with Crippen LogP contribution in [0.5, 0.6) is 11.5 Å². The summed E-state index contributed by atoms with van der Waals surface area (Å²) in [6, 6.07) is 3.54. The first-order chi connectivity index (χ1) is 6.69. The molecule has 0 aliphatic heterocycles. The molecule has 0 amide bonds. The van der Waals surface area contributed by atoms with E-state index in [1.165, 1.54) is 0 Å². The normalized spacial score (nSPS) is 9.50. The molecule has 0 atom stereocenters. The molecule has 0 radical (unpaired) electrons. The lowest BCUT2D eigenvalue weighted by molar-refractivity contribution is 0.317. The van der Waals surface area contributed by atoms with Crippen LogP contribution in [0.25, 0.3) is 0 Å². The number of terminal acetylenes is 1. The van der Waals surface area contributed by atoms with E-state index >= 15 is 0 Å². The Bertz CT molecular complexity index is 366. The van der Waals surface area contributed by atoms with Crippen molar-refractivity contribution in [2.24, 2.45) is 0 Å². The number of aromatic hydroxyl groups is 1. The van der Waals surface area contributed by atoms with Crippen molar-refractivity contribution in [2.45, 2.75) is 13.3 Å². The Morgan fingerprint density at radius 2 is 2.29 bits per heavy atom. The number of halogens is 1. The molecule has 0 fully saturated rings. The van der Waals surface area contributed by atoms with Crippen LogP contribution in [0.4, 0.5) is 0 Å². The Morgan fingerprint density at radius 3 is 2.86 bits per heavy atom. The van der Waals surface area contributed by atoms with Crippen LogP contribution < -0.4 is 4.74 Å². The first-order valence-corrected chi connectivity index (χ1v) is 5.06. The Morgan fingerprint density at radius 1 is 1.57 bits per heavy atom. The van der Waals surface area contributed by atoms with Gasteiger partial charge in [0.1, 0.15) is 0 Å². The van der Waals surface area contributed by atoms with Crippen LogP contribution in [0.15, 0.2) is 16.6 Å². The van der Waals surface area contributed by atoms with Crippen molar-refractivity contribution in [3.05, 3.63) is 22.2 Å². The molecular weight excluding hydrogens is 244 g/mol. The average Bonchev–Trinajstić information content (AvgIpc) is 2.14. The van der Waals surface area contributed by atoms with Gasteiger partial charge in [-0.25, -0.2) is 0 Å². The number of ether oxygens (including phenoxy) is 1. The van der Waals surface area contributed by atoms with Crippen LogP contribution >= 0.6 is 15.9 Å². The summed E-state index contributed by atoms with van der Waals surface area (Å²) in [5.41, 5.74) is 0.945. The van der Waals surface area contributed by atoms with Crippen molar-refractivity contribution in [1.29, 1.82) is 0 Å². The van der Waals surface area contributed by atoms with Crippen LogP contribution in [-0.4, -0.2) is 11.7 Å². The molecular formula is C11H11BrO2. The molecule has 0 spiro atoms. The number of phenols is 1. The summed E-state index contributed by atoms with van der Waals surface area (Å²) in [6.45, 7) is 2.38. The highest BCUT2D eigenvalue weighted by Gasteiger charge is 2.08. The maximum Gasteiger partial charge on any atom is 0.172 e. The van der Waals surface area contributed by atoms with Gasteiger partial charge in [0.2, 0.25) is 0 Å². The highest BCUT2D eigenvalue weighted by Crippen LogP contribution is 2.35. The Balaban J connectivity index is 3.08. The molecule has 0 aliphatic carbocycles. The number of rotatable bonds is 3. The van der Waals surface area contributed by atoms with Crippen LogP contribution in [0.1, 0.15) is 12.5 Å². The smallest absolute Gasteiger partial charge is 0.172 e. The minimum Gasteiger partial charge on any atom is -0.503 e. The number of hydrogen-bond donors (Lipinski definition) is 1. The summed E-state index contributed by atoms with van der Waals surface area (Å²) in [7, 11) is 0. The summed E-state index contributed by atoms with van der Waals surface area (Å²) in [4.78, 5) is 0. The molecule has 14 heavy (non-hydrogen) atoms. The minimum absolute atomic E-state index is 0.118. The number of benzene rings is 1. The van der Waals surface area contributed by atoms with E-state index in [1.54, 1.807) is 12.1 Å². The van der Waals surface area contributed by atoms with E-state index in [-0.39, 0.29) is 5.75 Å². The third kappa shape index (κ3) is 2.43. The van der Waals surface area contributed by atoms with E-state index in [2.05, 4.69) is 21.9 Å². The molecule has 0 aliphatic rings. The second-order valence-electron chi connectivity index (χ2n) is 2.74. The molecule has 0 bridgehead atoms. The van der Waals surface area contributed by atoms with Gasteiger partial charge < -0.3 is 9.84 Å². The van der Waals surface area contributed by atoms with Crippen molar-refractivity contribution in [2.75, 3.05) is 6.61 Å². The van der Waals surface area contributed by atoms with Crippen molar-refractivity contribution >= 4 is 15.9 Å². The van der Waals surface area contributed by atoms with Gasteiger partial charge in [0.15, 0.2) is 11.5 Å². The largest absolute Gasteiger partial charge is 0.503 e. The quantitative estimate of drug-likeness (QED) is 0.841. The molecule has 0 aromatic heterocycles. The molecule has 1 rings (SSSR count). The SMILES string of the molecule is C#CCc1cc(Br)c(O)c(OCC)c1. The summed E-state index contributed by atoms with van der Waals surface area (Å²) in [5.74, 6) is 3.13. The molecule has 1 N–H and O–H groups in total. The summed E-state index contributed by atoms with van der Waals surface area (Å²) < 4.78 is 5.86. The lowest BCUT2D eigenvalue weighted by Gasteiger charge is -2.08. The molecule has 74 valence electrons. The van der Waals surface area contributed by atoms with Gasteiger partial charge in [-0.15, -0.1) is 12.3 Å². The monoisotopic (exact) mass is 254 g/mol. The second kappa shape index (κ2) is 4.92.